The van der Waals surface area contributed by atoms with E-state index in [-0.39, 0.29) is 24.4 Å². The Balaban J connectivity index is 4.30. The summed E-state index contributed by atoms with van der Waals surface area (Å²) in [5.74, 6) is -1.26. The second kappa shape index (κ2) is 8.44. The van der Waals surface area contributed by atoms with Gasteiger partial charge in [0.25, 0.3) is 0 Å². The van der Waals surface area contributed by atoms with Crippen molar-refractivity contribution in [3.05, 3.63) is 23.8 Å². The van der Waals surface area contributed by atoms with Crippen molar-refractivity contribution in [2.45, 2.75) is 33.0 Å². The van der Waals surface area contributed by atoms with Crippen LogP contribution in [0, 0.1) is 0 Å². The molecule has 6 heteroatoms. The minimum Gasteiger partial charge on any atom is -0.459 e. The molecule has 0 radical (unpaired) electrons. The normalized spacial score (nSPS) is 14.5. The van der Waals surface area contributed by atoms with E-state index in [1.807, 2.05) is 0 Å². The van der Waals surface area contributed by atoms with Gasteiger partial charge in [-0.1, -0.05) is 6.58 Å². The van der Waals surface area contributed by atoms with E-state index in [4.69, 9.17) is 14.6 Å². The molecule has 0 aliphatic rings. The van der Waals surface area contributed by atoms with Crippen molar-refractivity contribution in [2.75, 3.05) is 13.2 Å². The van der Waals surface area contributed by atoms with Crippen molar-refractivity contribution in [1.82, 2.24) is 0 Å². The van der Waals surface area contributed by atoms with Crippen LogP contribution >= 0.6 is 0 Å². The van der Waals surface area contributed by atoms with Gasteiger partial charge >= 0.3 is 11.9 Å². The molecule has 2 N–H and O–H groups in total. The van der Waals surface area contributed by atoms with E-state index in [0.29, 0.717) is 0 Å². The number of rotatable bonds is 7. The fourth-order valence-corrected chi connectivity index (χ4v) is 1.00. The number of aliphatic hydroxyl groups is 2. The molecular formula is C13H20O6. The molecule has 6 nitrogen and oxygen atoms in total. The number of carbonyl (C=O) groups excluding carboxylic acids is 2. The highest BCUT2D eigenvalue weighted by atomic mass is 16.6. The second-order valence-electron chi connectivity index (χ2n) is 4.19. The standard InChI is InChI=1S/C13H20O6/c1-8(2)12(16)18-7-11(15)5-9(3)13(17)19-10(4)6-14/h5,10-11,14-15H,1,6-7H2,2-4H3/b9-5+. The van der Waals surface area contributed by atoms with Crippen LogP contribution in [0.25, 0.3) is 0 Å². The number of hydrogen-bond acceptors (Lipinski definition) is 6. The summed E-state index contributed by atoms with van der Waals surface area (Å²) in [4.78, 5) is 22.5. The zero-order chi connectivity index (χ0) is 15.0. The third-order valence-corrected chi connectivity index (χ3v) is 2.06. The maximum Gasteiger partial charge on any atom is 0.333 e. The third-order valence-electron chi connectivity index (χ3n) is 2.06. The SMILES string of the molecule is C=C(C)C(=O)OCC(O)/C=C(\C)C(=O)OC(C)CO. The highest BCUT2D eigenvalue weighted by Crippen LogP contribution is 2.03. The van der Waals surface area contributed by atoms with Crippen LogP contribution in [0.3, 0.4) is 0 Å². The molecule has 2 atom stereocenters. The maximum absolute atomic E-state index is 11.5. The van der Waals surface area contributed by atoms with Crippen LogP contribution in [0.15, 0.2) is 23.8 Å². The van der Waals surface area contributed by atoms with Gasteiger partial charge in [-0.25, -0.2) is 9.59 Å². The molecule has 0 rings (SSSR count). The second-order valence-corrected chi connectivity index (χ2v) is 4.19. The molecule has 0 heterocycles. The number of esters is 2. The van der Waals surface area contributed by atoms with Crippen LogP contribution in [0.4, 0.5) is 0 Å². The van der Waals surface area contributed by atoms with Crippen molar-refractivity contribution in [1.29, 1.82) is 0 Å². The van der Waals surface area contributed by atoms with Gasteiger partial charge in [0.1, 0.15) is 18.8 Å². The molecular weight excluding hydrogens is 252 g/mol. The van der Waals surface area contributed by atoms with Gasteiger partial charge in [0.15, 0.2) is 0 Å². The maximum atomic E-state index is 11.5. The Morgan fingerprint density at radius 2 is 1.89 bits per heavy atom. The molecule has 108 valence electrons. The van der Waals surface area contributed by atoms with Gasteiger partial charge in [-0.15, -0.1) is 0 Å². The van der Waals surface area contributed by atoms with Gasteiger partial charge in [0.2, 0.25) is 0 Å². The molecule has 0 bridgehead atoms. The largest absolute Gasteiger partial charge is 0.459 e. The van der Waals surface area contributed by atoms with Gasteiger partial charge < -0.3 is 19.7 Å². The highest BCUT2D eigenvalue weighted by molar-refractivity contribution is 5.88. The van der Waals surface area contributed by atoms with E-state index in [1.165, 1.54) is 26.8 Å². The Bertz CT molecular complexity index is 371. The van der Waals surface area contributed by atoms with Crippen LogP contribution < -0.4 is 0 Å². The minimum atomic E-state index is -1.11. The first-order valence-electron chi connectivity index (χ1n) is 5.78. The third kappa shape index (κ3) is 7.38. The summed E-state index contributed by atoms with van der Waals surface area (Å²) in [6.07, 6.45) is -0.507. The summed E-state index contributed by atoms with van der Waals surface area (Å²) in [5, 5.41) is 18.3. The van der Waals surface area contributed by atoms with Crippen LogP contribution in [0.1, 0.15) is 20.8 Å². The Hall–Kier alpha value is -1.66. The molecule has 0 aromatic heterocycles. The van der Waals surface area contributed by atoms with Crippen molar-refractivity contribution in [2.24, 2.45) is 0 Å². The van der Waals surface area contributed by atoms with E-state index in [1.54, 1.807) is 0 Å². The Kier molecular flexibility index (Phi) is 7.71. The van der Waals surface area contributed by atoms with E-state index in [9.17, 15) is 14.7 Å². The fourth-order valence-electron chi connectivity index (χ4n) is 1.00. The molecule has 0 saturated heterocycles. The molecule has 19 heavy (non-hydrogen) atoms. The van der Waals surface area contributed by atoms with Gasteiger partial charge in [0, 0.05) is 11.1 Å². The number of ether oxygens (including phenoxy) is 2. The first kappa shape index (κ1) is 17.3. The smallest absolute Gasteiger partial charge is 0.333 e. The minimum absolute atomic E-state index is 0.166. The van der Waals surface area contributed by atoms with E-state index >= 15 is 0 Å². The van der Waals surface area contributed by atoms with E-state index in [0.717, 1.165) is 0 Å². The monoisotopic (exact) mass is 272 g/mol. The first-order chi connectivity index (χ1) is 8.77. The molecule has 0 amide bonds. The van der Waals surface area contributed by atoms with E-state index < -0.39 is 24.1 Å². The molecule has 0 saturated carbocycles. The lowest BCUT2D eigenvalue weighted by molar-refractivity contribution is -0.145. The van der Waals surface area contributed by atoms with Crippen LogP contribution in [-0.2, 0) is 19.1 Å². The number of carbonyl (C=O) groups is 2. The predicted molar refractivity (Wildman–Crippen MR) is 68.2 cm³/mol. The van der Waals surface area contributed by atoms with Gasteiger partial charge in [-0.2, -0.15) is 0 Å². The quantitative estimate of drug-likeness (QED) is 0.512. The summed E-state index contributed by atoms with van der Waals surface area (Å²) in [5.41, 5.74) is 0.392. The molecule has 0 aromatic carbocycles. The van der Waals surface area contributed by atoms with Crippen LogP contribution in [-0.4, -0.2) is 47.6 Å². The van der Waals surface area contributed by atoms with Crippen molar-refractivity contribution >= 4 is 11.9 Å². The first-order valence-corrected chi connectivity index (χ1v) is 5.78. The van der Waals surface area contributed by atoms with Gasteiger partial charge in [0.05, 0.1) is 6.61 Å². The van der Waals surface area contributed by atoms with Crippen LogP contribution in [0.5, 0.6) is 0 Å². The molecule has 0 aromatic rings. The summed E-state index contributed by atoms with van der Waals surface area (Å²) < 4.78 is 9.56. The Labute approximate surface area is 112 Å². The zero-order valence-electron chi connectivity index (χ0n) is 11.4. The van der Waals surface area contributed by atoms with Crippen molar-refractivity contribution in [3.8, 4) is 0 Å². The highest BCUT2D eigenvalue weighted by Gasteiger charge is 2.13. The predicted octanol–water partition coefficient (Wildman–Crippen LogP) is 0.337. The Morgan fingerprint density at radius 1 is 1.32 bits per heavy atom. The summed E-state index contributed by atoms with van der Waals surface area (Å²) in [7, 11) is 0. The van der Waals surface area contributed by atoms with Crippen LogP contribution in [0.2, 0.25) is 0 Å². The average molecular weight is 272 g/mol. The lowest BCUT2D eigenvalue weighted by Crippen LogP contribution is -2.21. The van der Waals surface area contributed by atoms with Crippen molar-refractivity contribution in [3.63, 3.8) is 0 Å². The van der Waals surface area contributed by atoms with E-state index in [2.05, 4.69) is 6.58 Å². The van der Waals surface area contributed by atoms with Gasteiger partial charge in [-0.3, -0.25) is 0 Å². The summed E-state index contributed by atoms with van der Waals surface area (Å²) in [6, 6.07) is 0. The lowest BCUT2D eigenvalue weighted by atomic mass is 10.2. The molecule has 0 aliphatic carbocycles. The fraction of sp³-hybridized carbons (Fsp3) is 0.538. The summed E-state index contributed by atoms with van der Waals surface area (Å²) >= 11 is 0. The number of hydrogen-bond donors (Lipinski definition) is 2. The zero-order valence-corrected chi connectivity index (χ0v) is 11.4. The lowest BCUT2D eigenvalue weighted by Gasteiger charge is -2.12. The van der Waals surface area contributed by atoms with Gasteiger partial charge in [-0.05, 0) is 26.8 Å². The molecule has 0 spiro atoms. The molecule has 2 unspecified atom stereocenters. The average Bonchev–Trinajstić information content (AvgIpc) is 2.35. The number of aliphatic hydroxyl groups excluding tert-OH is 2. The van der Waals surface area contributed by atoms with Crippen molar-refractivity contribution < 1.29 is 29.3 Å². The Morgan fingerprint density at radius 3 is 2.37 bits per heavy atom. The summed E-state index contributed by atoms with van der Waals surface area (Å²) in [6.45, 7) is 7.32. The molecule has 0 fully saturated rings. The molecule has 0 aliphatic heterocycles. The topological polar surface area (TPSA) is 93.1 Å².